The van der Waals surface area contributed by atoms with E-state index in [-0.39, 0.29) is 18.2 Å². The maximum Gasteiger partial charge on any atom is 0.225 e. The van der Waals surface area contributed by atoms with Gasteiger partial charge in [0.05, 0.1) is 5.52 Å². The van der Waals surface area contributed by atoms with Crippen molar-refractivity contribution in [3.05, 3.63) is 30.2 Å². The number of aromatic nitrogens is 2. The molecule has 2 fully saturated rings. The fraction of sp³-hybridized carbons (Fsp3) is 0.429. The Morgan fingerprint density at radius 3 is 2.70 bits per heavy atom. The van der Waals surface area contributed by atoms with Crippen LogP contribution < -0.4 is 10.2 Å². The number of hydrogen-bond acceptors (Lipinski definition) is 4. The van der Waals surface area contributed by atoms with Gasteiger partial charge in [-0.3, -0.25) is 0 Å². The standard InChI is InChI=1S/C14H15FN4.ClH/c15-12-1-2-13-9(3-12)6-17-14(18-13)19-7-10-4-16-5-11(10)8-19;/h1-3,6,10-11,16H,4-5,7-8H2;1H. The second kappa shape index (κ2) is 5.14. The van der Waals surface area contributed by atoms with Crippen LogP contribution in [0.25, 0.3) is 10.9 Å². The van der Waals surface area contributed by atoms with Gasteiger partial charge in [-0.05, 0) is 30.0 Å². The minimum absolute atomic E-state index is 0. The van der Waals surface area contributed by atoms with Crippen molar-refractivity contribution in [1.29, 1.82) is 0 Å². The summed E-state index contributed by atoms with van der Waals surface area (Å²) >= 11 is 0. The maximum absolute atomic E-state index is 13.1. The predicted octanol–water partition coefficient (Wildman–Crippen LogP) is 1.85. The summed E-state index contributed by atoms with van der Waals surface area (Å²) in [6.45, 7) is 4.23. The second-order valence-electron chi connectivity index (χ2n) is 5.46. The summed E-state index contributed by atoms with van der Waals surface area (Å²) in [6.07, 6.45) is 1.72. The quantitative estimate of drug-likeness (QED) is 0.871. The molecule has 0 radical (unpaired) electrons. The van der Waals surface area contributed by atoms with Crippen molar-refractivity contribution in [3.8, 4) is 0 Å². The Labute approximate surface area is 122 Å². The fourth-order valence-corrected chi connectivity index (χ4v) is 3.17. The minimum Gasteiger partial charge on any atom is -0.340 e. The van der Waals surface area contributed by atoms with Crippen LogP contribution in [0.4, 0.5) is 10.3 Å². The van der Waals surface area contributed by atoms with Gasteiger partial charge in [-0.25, -0.2) is 14.4 Å². The lowest BCUT2D eigenvalue weighted by molar-refractivity contribution is 0.533. The van der Waals surface area contributed by atoms with Crippen LogP contribution in [-0.2, 0) is 0 Å². The summed E-state index contributed by atoms with van der Waals surface area (Å²) < 4.78 is 13.1. The van der Waals surface area contributed by atoms with E-state index in [1.54, 1.807) is 12.3 Å². The molecule has 106 valence electrons. The van der Waals surface area contributed by atoms with E-state index in [2.05, 4.69) is 20.2 Å². The first-order chi connectivity index (χ1) is 9.29. The third-order valence-corrected chi connectivity index (χ3v) is 4.20. The van der Waals surface area contributed by atoms with E-state index < -0.39 is 0 Å². The third-order valence-electron chi connectivity index (χ3n) is 4.20. The highest BCUT2D eigenvalue weighted by Gasteiger charge is 2.37. The monoisotopic (exact) mass is 294 g/mol. The molecule has 2 aliphatic rings. The number of benzene rings is 1. The largest absolute Gasteiger partial charge is 0.340 e. The van der Waals surface area contributed by atoms with Gasteiger partial charge >= 0.3 is 0 Å². The first-order valence-electron chi connectivity index (χ1n) is 6.67. The van der Waals surface area contributed by atoms with E-state index >= 15 is 0 Å². The molecule has 0 saturated carbocycles. The van der Waals surface area contributed by atoms with Gasteiger partial charge in [0.15, 0.2) is 0 Å². The molecule has 2 unspecified atom stereocenters. The zero-order valence-electron chi connectivity index (χ0n) is 10.9. The van der Waals surface area contributed by atoms with Gasteiger partial charge in [-0.15, -0.1) is 12.4 Å². The molecule has 2 saturated heterocycles. The molecule has 4 nitrogen and oxygen atoms in total. The van der Waals surface area contributed by atoms with Gasteiger partial charge in [0.1, 0.15) is 5.82 Å². The van der Waals surface area contributed by atoms with Crippen molar-refractivity contribution >= 4 is 29.3 Å². The number of hydrogen-bond donors (Lipinski definition) is 1. The van der Waals surface area contributed by atoms with E-state index in [0.29, 0.717) is 11.8 Å². The van der Waals surface area contributed by atoms with Gasteiger partial charge in [0, 0.05) is 37.8 Å². The van der Waals surface area contributed by atoms with Gasteiger partial charge < -0.3 is 10.2 Å². The highest BCUT2D eigenvalue weighted by Crippen LogP contribution is 2.29. The molecule has 0 amide bonds. The van der Waals surface area contributed by atoms with Gasteiger partial charge in [0.2, 0.25) is 5.95 Å². The van der Waals surface area contributed by atoms with Gasteiger partial charge in [0.25, 0.3) is 0 Å². The number of nitrogens with one attached hydrogen (secondary N) is 1. The third kappa shape index (κ3) is 2.21. The summed E-state index contributed by atoms with van der Waals surface area (Å²) in [4.78, 5) is 11.2. The van der Waals surface area contributed by atoms with Gasteiger partial charge in [-0.1, -0.05) is 0 Å². The molecule has 20 heavy (non-hydrogen) atoms. The average Bonchev–Trinajstić information content (AvgIpc) is 2.98. The Morgan fingerprint density at radius 1 is 1.20 bits per heavy atom. The normalized spacial score (nSPS) is 24.8. The molecular formula is C14H16ClFN4. The van der Waals surface area contributed by atoms with Crippen LogP contribution in [-0.4, -0.2) is 36.1 Å². The molecule has 3 heterocycles. The Bertz CT molecular complexity index is 624. The predicted molar refractivity (Wildman–Crippen MR) is 78.8 cm³/mol. The van der Waals surface area contributed by atoms with Crippen LogP contribution in [0.5, 0.6) is 0 Å². The highest BCUT2D eigenvalue weighted by molar-refractivity contribution is 5.85. The zero-order chi connectivity index (χ0) is 12.8. The smallest absolute Gasteiger partial charge is 0.225 e. The number of rotatable bonds is 1. The first kappa shape index (κ1) is 13.5. The van der Waals surface area contributed by atoms with E-state index in [9.17, 15) is 4.39 Å². The van der Waals surface area contributed by atoms with Crippen molar-refractivity contribution in [3.63, 3.8) is 0 Å². The lowest BCUT2D eigenvalue weighted by atomic mass is 10.0. The SMILES string of the molecule is Cl.Fc1ccc2nc(N3CC4CNCC4C3)ncc2c1. The number of nitrogens with zero attached hydrogens (tertiary/aromatic N) is 3. The lowest BCUT2D eigenvalue weighted by Gasteiger charge is -2.17. The summed E-state index contributed by atoms with van der Waals surface area (Å²) in [6, 6.07) is 4.64. The minimum atomic E-state index is -0.245. The molecule has 6 heteroatoms. The van der Waals surface area contributed by atoms with Crippen LogP contribution in [0, 0.1) is 17.7 Å². The first-order valence-corrected chi connectivity index (χ1v) is 6.67. The Morgan fingerprint density at radius 2 is 1.95 bits per heavy atom. The molecule has 2 aliphatic heterocycles. The van der Waals surface area contributed by atoms with Gasteiger partial charge in [-0.2, -0.15) is 0 Å². The van der Waals surface area contributed by atoms with Crippen molar-refractivity contribution in [2.24, 2.45) is 11.8 Å². The average molecular weight is 295 g/mol. The molecule has 1 aromatic heterocycles. The highest BCUT2D eigenvalue weighted by atomic mass is 35.5. The van der Waals surface area contributed by atoms with Crippen molar-refractivity contribution in [2.45, 2.75) is 0 Å². The Hall–Kier alpha value is -1.46. The molecule has 4 rings (SSSR count). The Balaban J connectivity index is 0.00000121. The molecule has 0 bridgehead atoms. The molecule has 1 N–H and O–H groups in total. The summed E-state index contributed by atoms with van der Waals surface area (Å²) in [5.41, 5.74) is 0.807. The molecule has 0 aliphatic carbocycles. The van der Waals surface area contributed by atoms with Crippen molar-refractivity contribution in [1.82, 2.24) is 15.3 Å². The van der Waals surface area contributed by atoms with Crippen molar-refractivity contribution in [2.75, 3.05) is 31.1 Å². The molecular weight excluding hydrogens is 279 g/mol. The van der Waals surface area contributed by atoms with Crippen LogP contribution in [0.2, 0.25) is 0 Å². The zero-order valence-corrected chi connectivity index (χ0v) is 11.7. The Kier molecular flexibility index (Phi) is 3.48. The van der Waals surface area contributed by atoms with Crippen LogP contribution in [0.1, 0.15) is 0 Å². The summed E-state index contributed by atoms with van der Waals surface area (Å²) in [5.74, 6) is 1.96. The molecule has 1 aromatic carbocycles. The molecule has 0 spiro atoms. The topological polar surface area (TPSA) is 41.1 Å². The van der Waals surface area contributed by atoms with E-state index in [4.69, 9.17) is 0 Å². The van der Waals surface area contributed by atoms with E-state index in [0.717, 1.165) is 43.0 Å². The molecule has 2 aromatic rings. The second-order valence-corrected chi connectivity index (χ2v) is 5.46. The van der Waals surface area contributed by atoms with Crippen LogP contribution >= 0.6 is 12.4 Å². The van der Waals surface area contributed by atoms with E-state index in [1.807, 2.05) is 0 Å². The summed E-state index contributed by atoms with van der Waals surface area (Å²) in [5, 5.41) is 4.18. The maximum atomic E-state index is 13.1. The van der Waals surface area contributed by atoms with Crippen LogP contribution in [0.3, 0.4) is 0 Å². The lowest BCUT2D eigenvalue weighted by Crippen LogP contribution is -2.26. The summed E-state index contributed by atoms with van der Waals surface area (Å²) in [7, 11) is 0. The fourth-order valence-electron chi connectivity index (χ4n) is 3.17. The molecule has 2 atom stereocenters. The number of fused-ring (bicyclic) bond motifs is 2. The number of anilines is 1. The van der Waals surface area contributed by atoms with Crippen LogP contribution in [0.15, 0.2) is 24.4 Å². The number of halogens is 2. The van der Waals surface area contributed by atoms with E-state index in [1.165, 1.54) is 12.1 Å². The van der Waals surface area contributed by atoms with Crippen molar-refractivity contribution < 1.29 is 4.39 Å².